The molecular formula is C17H18FN5O5. The van der Waals surface area contributed by atoms with Gasteiger partial charge in [-0.05, 0) is 6.07 Å². The fourth-order valence-corrected chi connectivity index (χ4v) is 3.14. The topological polar surface area (TPSA) is 146 Å². The molecule has 0 amide bonds. The van der Waals surface area contributed by atoms with Gasteiger partial charge in [0.05, 0.1) is 12.9 Å². The van der Waals surface area contributed by atoms with Crippen molar-refractivity contribution >= 4 is 17.0 Å². The van der Waals surface area contributed by atoms with Crippen molar-refractivity contribution in [1.82, 2.24) is 19.5 Å². The van der Waals surface area contributed by atoms with Crippen LogP contribution in [0.5, 0.6) is 5.75 Å². The number of rotatable bonds is 5. The van der Waals surface area contributed by atoms with E-state index >= 15 is 0 Å². The van der Waals surface area contributed by atoms with E-state index < -0.39 is 37.0 Å². The molecule has 1 aromatic carbocycles. The first-order chi connectivity index (χ1) is 13.5. The van der Waals surface area contributed by atoms with Crippen molar-refractivity contribution in [1.29, 1.82) is 0 Å². The van der Waals surface area contributed by atoms with Crippen LogP contribution < -0.4 is 5.32 Å². The number of anilines is 1. The highest BCUT2D eigenvalue weighted by Crippen LogP contribution is 2.32. The van der Waals surface area contributed by atoms with E-state index in [4.69, 9.17) is 4.74 Å². The molecule has 1 saturated heterocycles. The van der Waals surface area contributed by atoms with Gasteiger partial charge in [0, 0.05) is 18.2 Å². The fraction of sp³-hybridized carbons (Fsp3) is 0.353. The Morgan fingerprint density at radius 3 is 2.71 bits per heavy atom. The second kappa shape index (κ2) is 7.28. The molecule has 28 heavy (non-hydrogen) atoms. The number of aliphatic hydroxyl groups is 3. The predicted molar refractivity (Wildman–Crippen MR) is 93.7 cm³/mol. The molecule has 0 radical (unpaired) electrons. The number of imidazole rings is 1. The Bertz CT molecular complexity index is 999. The quantitative estimate of drug-likeness (QED) is 0.402. The van der Waals surface area contributed by atoms with Crippen LogP contribution in [0.25, 0.3) is 11.2 Å². The lowest BCUT2D eigenvalue weighted by atomic mass is 10.1. The van der Waals surface area contributed by atoms with E-state index in [1.54, 1.807) is 0 Å². The van der Waals surface area contributed by atoms with Crippen molar-refractivity contribution < 1.29 is 29.6 Å². The first kappa shape index (κ1) is 18.5. The molecule has 0 spiro atoms. The standard InChI is InChI=1S/C17H18FN5O5/c18-10-3-9(25)2-1-8(10)4-19-15-12-16(21-6-20-15)23(7-22-12)17-14(27)13(26)11(5-24)28-17/h1-3,6-7,11,13-14,17,24-27H,4-5H2,(H,19,20,21)/t11-,13-,14-,17-/m1/s1. The van der Waals surface area contributed by atoms with E-state index in [2.05, 4.69) is 20.3 Å². The van der Waals surface area contributed by atoms with Gasteiger partial charge in [0.1, 0.15) is 36.2 Å². The lowest BCUT2D eigenvalue weighted by molar-refractivity contribution is -0.0511. The fourth-order valence-electron chi connectivity index (χ4n) is 3.14. The summed E-state index contributed by atoms with van der Waals surface area (Å²) in [6.45, 7) is -0.347. The maximum absolute atomic E-state index is 13.9. The molecule has 0 bridgehead atoms. The number of hydrogen-bond donors (Lipinski definition) is 5. The third-order valence-corrected chi connectivity index (χ3v) is 4.63. The Morgan fingerprint density at radius 2 is 2.00 bits per heavy atom. The van der Waals surface area contributed by atoms with Gasteiger partial charge in [-0.2, -0.15) is 0 Å². The van der Waals surface area contributed by atoms with Crippen LogP contribution in [0.15, 0.2) is 30.9 Å². The summed E-state index contributed by atoms with van der Waals surface area (Å²) in [5, 5.41) is 41.6. The first-order valence-corrected chi connectivity index (χ1v) is 8.51. The number of nitrogens with zero attached hydrogens (tertiary/aromatic N) is 4. The molecule has 3 aromatic rings. The van der Waals surface area contributed by atoms with Crippen LogP contribution in [0.2, 0.25) is 0 Å². The second-order valence-corrected chi connectivity index (χ2v) is 6.40. The van der Waals surface area contributed by atoms with Crippen molar-refractivity contribution in [2.24, 2.45) is 0 Å². The number of halogens is 1. The third kappa shape index (κ3) is 3.14. The second-order valence-electron chi connectivity index (χ2n) is 6.40. The lowest BCUT2D eigenvalue weighted by Gasteiger charge is -2.16. The maximum atomic E-state index is 13.9. The zero-order chi connectivity index (χ0) is 19.8. The van der Waals surface area contributed by atoms with E-state index in [9.17, 15) is 24.8 Å². The van der Waals surface area contributed by atoms with Gasteiger partial charge in [-0.3, -0.25) is 4.57 Å². The monoisotopic (exact) mass is 391 g/mol. The van der Waals surface area contributed by atoms with Crippen molar-refractivity contribution in [3.8, 4) is 5.75 Å². The van der Waals surface area contributed by atoms with Crippen molar-refractivity contribution in [2.45, 2.75) is 31.1 Å². The molecule has 1 aliphatic rings. The first-order valence-electron chi connectivity index (χ1n) is 8.51. The zero-order valence-electron chi connectivity index (χ0n) is 14.5. The SMILES string of the molecule is OC[C@H]1O[C@@H](n2cnc3c(NCc4ccc(O)cc4F)ncnc32)[C@H](O)[C@@H]1O. The normalized spacial score (nSPS) is 24.7. The number of phenolic OH excluding ortho intramolecular Hbond substituents is 1. The van der Waals surface area contributed by atoms with Crippen molar-refractivity contribution in [3.05, 3.63) is 42.2 Å². The van der Waals surface area contributed by atoms with Crippen LogP contribution in [0.4, 0.5) is 10.2 Å². The zero-order valence-corrected chi connectivity index (χ0v) is 14.5. The van der Waals surface area contributed by atoms with Gasteiger partial charge in [0.2, 0.25) is 0 Å². The molecule has 1 fully saturated rings. The highest BCUT2D eigenvalue weighted by atomic mass is 19.1. The van der Waals surface area contributed by atoms with Crippen LogP contribution in [-0.2, 0) is 11.3 Å². The smallest absolute Gasteiger partial charge is 0.167 e. The van der Waals surface area contributed by atoms with Crippen LogP contribution in [-0.4, -0.2) is 64.9 Å². The molecule has 2 aromatic heterocycles. The minimum Gasteiger partial charge on any atom is -0.508 e. The van der Waals surface area contributed by atoms with Gasteiger partial charge in [-0.25, -0.2) is 19.3 Å². The summed E-state index contributed by atoms with van der Waals surface area (Å²) >= 11 is 0. The molecule has 5 N–H and O–H groups in total. The number of aromatic hydroxyl groups is 1. The van der Waals surface area contributed by atoms with Crippen LogP contribution >= 0.6 is 0 Å². The summed E-state index contributed by atoms with van der Waals surface area (Å²) in [4.78, 5) is 12.5. The highest BCUT2D eigenvalue weighted by Gasteiger charge is 2.44. The summed E-state index contributed by atoms with van der Waals surface area (Å²) in [5.74, 6) is -0.388. The number of fused-ring (bicyclic) bond motifs is 1. The Morgan fingerprint density at radius 1 is 1.18 bits per heavy atom. The van der Waals surface area contributed by atoms with Gasteiger partial charge in [0.15, 0.2) is 23.2 Å². The largest absolute Gasteiger partial charge is 0.508 e. The van der Waals surface area contributed by atoms with Gasteiger partial charge in [-0.1, -0.05) is 6.07 Å². The Labute approximate surface area is 157 Å². The van der Waals surface area contributed by atoms with Gasteiger partial charge < -0.3 is 30.5 Å². The molecule has 3 heterocycles. The van der Waals surface area contributed by atoms with E-state index in [-0.39, 0.29) is 12.3 Å². The number of aromatic nitrogens is 4. The van der Waals surface area contributed by atoms with Crippen molar-refractivity contribution in [3.63, 3.8) is 0 Å². The minimum absolute atomic E-state index is 0.0962. The molecule has 4 rings (SSSR count). The number of aliphatic hydroxyl groups excluding tert-OH is 3. The summed E-state index contributed by atoms with van der Waals surface area (Å²) < 4.78 is 20.8. The van der Waals surface area contributed by atoms with E-state index in [0.717, 1.165) is 6.07 Å². The van der Waals surface area contributed by atoms with E-state index in [0.29, 0.717) is 22.5 Å². The van der Waals surface area contributed by atoms with Crippen LogP contribution in [0.1, 0.15) is 11.8 Å². The molecule has 148 valence electrons. The molecule has 0 saturated carbocycles. The molecule has 0 aliphatic carbocycles. The van der Waals surface area contributed by atoms with E-state index in [1.165, 1.54) is 29.4 Å². The Hall–Kier alpha value is -2.86. The molecular weight excluding hydrogens is 373 g/mol. The average Bonchev–Trinajstić information content (AvgIpc) is 3.23. The summed E-state index contributed by atoms with van der Waals surface area (Å²) in [6, 6.07) is 3.85. The summed E-state index contributed by atoms with van der Waals surface area (Å²) in [7, 11) is 0. The molecule has 4 atom stereocenters. The third-order valence-electron chi connectivity index (χ3n) is 4.63. The number of benzene rings is 1. The van der Waals surface area contributed by atoms with E-state index in [1.807, 2.05) is 0 Å². The number of nitrogens with one attached hydrogen (secondary N) is 1. The van der Waals surface area contributed by atoms with Gasteiger partial charge in [-0.15, -0.1) is 0 Å². The van der Waals surface area contributed by atoms with Crippen molar-refractivity contribution in [2.75, 3.05) is 11.9 Å². The molecule has 1 aliphatic heterocycles. The maximum Gasteiger partial charge on any atom is 0.167 e. The lowest BCUT2D eigenvalue weighted by Crippen LogP contribution is -2.33. The molecule has 10 nitrogen and oxygen atoms in total. The Kier molecular flexibility index (Phi) is 4.81. The highest BCUT2D eigenvalue weighted by molar-refractivity contribution is 5.82. The number of ether oxygens (including phenoxy) is 1. The molecule has 11 heteroatoms. The number of phenols is 1. The minimum atomic E-state index is -1.27. The van der Waals surface area contributed by atoms with Gasteiger partial charge in [0.25, 0.3) is 0 Å². The molecule has 0 unspecified atom stereocenters. The van der Waals surface area contributed by atoms with Crippen LogP contribution in [0.3, 0.4) is 0 Å². The van der Waals surface area contributed by atoms with Crippen LogP contribution in [0, 0.1) is 5.82 Å². The number of hydrogen-bond acceptors (Lipinski definition) is 9. The summed E-state index contributed by atoms with van der Waals surface area (Å²) in [5.41, 5.74) is 1.02. The Balaban J connectivity index is 1.60. The average molecular weight is 391 g/mol. The van der Waals surface area contributed by atoms with Gasteiger partial charge >= 0.3 is 0 Å². The predicted octanol–water partition coefficient (Wildman–Crippen LogP) is -0.105. The summed E-state index contributed by atoms with van der Waals surface area (Å²) in [6.07, 6.45) is -1.76.